The van der Waals surface area contributed by atoms with Gasteiger partial charge in [0.1, 0.15) is 23.4 Å². The van der Waals surface area contributed by atoms with Gasteiger partial charge in [-0.05, 0) is 49.1 Å². The van der Waals surface area contributed by atoms with Gasteiger partial charge in [0.15, 0.2) is 0 Å². The number of aromatic amines is 2. The average Bonchev–Trinajstić information content (AvgIpc) is 3.16. The zero-order valence-corrected chi connectivity index (χ0v) is 19.8. The summed E-state index contributed by atoms with van der Waals surface area (Å²) in [4.78, 5) is 19.7. The Morgan fingerprint density at radius 1 is 1.12 bits per heavy atom. The van der Waals surface area contributed by atoms with E-state index in [4.69, 9.17) is 10.5 Å². The first-order valence-corrected chi connectivity index (χ1v) is 11.2. The van der Waals surface area contributed by atoms with Crippen molar-refractivity contribution < 1.29 is 31.5 Å². The Morgan fingerprint density at radius 2 is 1.75 bits per heavy atom. The molecule has 2 heterocycles. The normalized spacial score (nSPS) is 27.0. The van der Waals surface area contributed by atoms with Gasteiger partial charge in [-0.2, -0.15) is 0 Å². The summed E-state index contributed by atoms with van der Waals surface area (Å²) in [6.45, 7) is 2.19. The maximum atomic E-state index is 13.2. The van der Waals surface area contributed by atoms with E-state index in [9.17, 15) is 4.79 Å². The van der Waals surface area contributed by atoms with E-state index in [1.54, 1.807) is 0 Å². The zero-order valence-electron chi connectivity index (χ0n) is 18.3. The predicted octanol–water partition coefficient (Wildman–Crippen LogP) is 0.421. The number of ether oxygens (including phenoxy) is 1. The van der Waals surface area contributed by atoms with Crippen LogP contribution < -0.4 is 27.7 Å². The molecule has 4 atom stereocenters. The molecule has 0 spiro atoms. The number of hydrogen-bond acceptors (Lipinski definition) is 2. The summed E-state index contributed by atoms with van der Waals surface area (Å²) in [6, 6.07) is 20.1. The molecular weight excluding hydrogens is 466 g/mol. The lowest BCUT2D eigenvalue weighted by Crippen LogP contribution is -3.00. The third kappa shape index (κ3) is 3.80. The van der Waals surface area contributed by atoms with Crippen LogP contribution in [0.2, 0.25) is 0 Å². The van der Waals surface area contributed by atoms with Crippen molar-refractivity contribution in [2.24, 2.45) is 17.6 Å². The summed E-state index contributed by atoms with van der Waals surface area (Å²) in [5.74, 6) is 1.39. The molecule has 4 unspecified atom stereocenters. The van der Waals surface area contributed by atoms with E-state index in [0.717, 1.165) is 42.6 Å². The van der Waals surface area contributed by atoms with Crippen molar-refractivity contribution in [2.75, 3.05) is 0 Å². The number of halogens is 1. The van der Waals surface area contributed by atoms with Crippen molar-refractivity contribution in [1.29, 1.82) is 0 Å². The fourth-order valence-electron chi connectivity index (χ4n) is 5.98. The molecule has 0 bridgehead atoms. The number of carbonyl (C=O) groups excluding carboxylic acids is 1. The molecule has 2 aromatic carbocycles. The molecule has 168 valence electrons. The summed E-state index contributed by atoms with van der Waals surface area (Å²) in [6.07, 6.45) is 7.80. The first kappa shape index (κ1) is 22.7. The standard InChI is InChI=1S/C26H29N3O2.BrH/c1-25(17-22-28-14-15-29-22)23(31-25)18-12-13-21(16-18)26(24(27)30,19-8-4-2-5-9-19)20-10-6-3-7-11-20;/h2-11,14-15,18,21,23H,12-13,16-17H2,1H3,(H2,27,30)(H,28,29);1H. The minimum Gasteiger partial charge on any atom is -1.00 e. The number of aromatic nitrogens is 2. The second-order valence-electron chi connectivity index (χ2n) is 9.30. The number of nitrogens with two attached hydrogens (primary N) is 1. The fourth-order valence-corrected chi connectivity index (χ4v) is 5.98. The SMILES string of the molecule is CC1(Cc2[nH]cc[nH+]2)OC1C1CCC(C(C(N)=O)(c2ccccc2)c2ccccc2)C1.[Br-]. The van der Waals surface area contributed by atoms with Crippen molar-refractivity contribution in [2.45, 2.75) is 49.7 Å². The van der Waals surface area contributed by atoms with Crippen LogP contribution in [-0.4, -0.2) is 22.6 Å². The van der Waals surface area contributed by atoms with E-state index in [1.165, 1.54) is 0 Å². The molecule has 1 aromatic heterocycles. The zero-order chi connectivity index (χ0) is 21.5. The molecule has 1 saturated heterocycles. The highest BCUT2D eigenvalue weighted by molar-refractivity contribution is 5.91. The van der Waals surface area contributed by atoms with Crippen molar-refractivity contribution in [3.8, 4) is 0 Å². The quantitative estimate of drug-likeness (QED) is 0.465. The molecule has 2 aliphatic rings. The number of hydrogen-bond donors (Lipinski definition) is 2. The van der Waals surface area contributed by atoms with E-state index in [2.05, 4.69) is 16.9 Å². The highest BCUT2D eigenvalue weighted by Crippen LogP contribution is 2.54. The molecule has 1 aliphatic carbocycles. The first-order chi connectivity index (χ1) is 15.0. The van der Waals surface area contributed by atoms with Crippen LogP contribution in [0.1, 0.15) is 43.1 Å². The number of imidazole rings is 1. The average molecular weight is 496 g/mol. The van der Waals surface area contributed by atoms with Gasteiger partial charge in [-0.3, -0.25) is 4.79 Å². The Bertz CT molecular complexity index is 1000. The van der Waals surface area contributed by atoms with Crippen LogP contribution in [0.3, 0.4) is 0 Å². The van der Waals surface area contributed by atoms with Crippen LogP contribution in [0.4, 0.5) is 0 Å². The molecule has 6 heteroatoms. The Balaban J connectivity index is 0.00000245. The van der Waals surface area contributed by atoms with Crippen molar-refractivity contribution in [3.05, 3.63) is 90.0 Å². The van der Waals surface area contributed by atoms with Crippen molar-refractivity contribution >= 4 is 5.91 Å². The molecular formula is C26H30BrN3O2. The lowest BCUT2D eigenvalue weighted by Gasteiger charge is -2.37. The number of primary amides is 1. The lowest BCUT2D eigenvalue weighted by molar-refractivity contribution is -0.389. The summed E-state index contributed by atoms with van der Waals surface area (Å²) in [5.41, 5.74) is 7.21. The van der Waals surface area contributed by atoms with Gasteiger partial charge in [0.25, 0.3) is 5.82 Å². The molecule has 32 heavy (non-hydrogen) atoms. The van der Waals surface area contributed by atoms with Crippen LogP contribution in [0.25, 0.3) is 0 Å². The second kappa shape index (κ2) is 8.83. The smallest absolute Gasteiger partial charge is 0.254 e. The molecule has 5 rings (SSSR count). The summed E-state index contributed by atoms with van der Waals surface area (Å²) in [5, 5.41) is 0. The summed E-state index contributed by atoms with van der Waals surface area (Å²) < 4.78 is 6.24. The number of nitrogens with one attached hydrogen (secondary N) is 2. The topological polar surface area (TPSA) is 85.6 Å². The largest absolute Gasteiger partial charge is 1.00 e. The molecule has 1 aliphatic heterocycles. The van der Waals surface area contributed by atoms with Gasteiger partial charge in [0.05, 0.1) is 12.5 Å². The number of amides is 1. The Labute approximate surface area is 199 Å². The van der Waals surface area contributed by atoms with Gasteiger partial charge in [-0.25, -0.2) is 9.97 Å². The second-order valence-corrected chi connectivity index (χ2v) is 9.30. The molecule has 5 nitrogen and oxygen atoms in total. The van der Waals surface area contributed by atoms with Gasteiger partial charge < -0.3 is 27.5 Å². The van der Waals surface area contributed by atoms with E-state index in [1.807, 2.05) is 73.1 Å². The molecule has 4 N–H and O–H groups in total. The van der Waals surface area contributed by atoms with Gasteiger partial charge in [0, 0.05) is 0 Å². The van der Waals surface area contributed by atoms with Gasteiger partial charge >= 0.3 is 0 Å². The van der Waals surface area contributed by atoms with E-state index >= 15 is 0 Å². The number of H-pyrrole nitrogens is 2. The summed E-state index contributed by atoms with van der Waals surface area (Å²) in [7, 11) is 0. The van der Waals surface area contributed by atoms with Crippen LogP contribution in [0.5, 0.6) is 0 Å². The fraction of sp³-hybridized carbons (Fsp3) is 0.385. The van der Waals surface area contributed by atoms with Gasteiger partial charge in [-0.1, -0.05) is 60.7 Å². The Morgan fingerprint density at radius 3 is 2.28 bits per heavy atom. The third-order valence-corrected chi connectivity index (χ3v) is 7.43. The molecule has 2 fully saturated rings. The Hall–Kier alpha value is -2.44. The van der Waals surface area contributed by atoms with Crippen LogP contribution in [0.15, 0.2) is 73.1 Å². The highest BCUT2D eigenvalue weighted by atomic mass is 79.9. The summed E-state index contributed by atoms with van der Waals surface area (Å²) >= 11 is 0. The number of rotatable bonds is 7. The molecule has 0 radical (unpaired) electrons. The third-order valence-electron chi connectivity index (χ3n) is 7.43. The van der Waals surface area contributed by atoms with Crippen LogP contribution >= 0.6 is 0 Å². The molecule has 1 amide bonds. The predicted molar refractivity (Wildman–Crippen MR) is 118 cm³/mol. The minimum absolute atomic E-state index is 0. The maximum Gasteiger partial charge on any atom is 0.254 e. The Kier molecular flexibility index (Phi) is 6.28. The van der Waals surface area contributed by atoms with Crippen LogP contribution in [0, 0.1) is 11.8 Å². The van der Waals surface area contributed by atoms with E-state index in [-0.39, 0.29) is 40.5 Å². The van der Waals surface area contributed by atoms with Gasteiger partial charge in [-0.15, -0.1) is 0 Å². The molecule has 1 saturated carbocycles. The van der Waals surface area contributed by atoms with E-state index in [0.29, 0.717) is 5.92 Å². The number of benzene rings is 2. The van der Waals surface area contributed by atoms with E-state index < -0.39 is 5.41 Å². The first-order valence-electron chi connectivity index (χ1n) is 11.2. The van der Waals surface area contributed by atoms with Crippen molar-refractivity contribution in [1.82, 2.24) is 4.98 Å². The highest BCUT2D eigenvalue weighted by Gasteiger charge is 2.60. The maximum absolute atomic E-state index is 13.2. The lowest BCUT2D eigenvalue weighted by atomic mass is 9.64. The van der Waals surface area contributed by atoms with Gasteiger partial charge in [0.2, 0.25) is 5.91 Å². The van der Waals surface area contributed by atoms with Crippen LogP contribution in [-0.2, 0) is 21.4 Å². The number of epoxide rings is 1. The number of carbonyl (C=O) groups is 1. The monoisotopic (exact) mass is 495 g/mol. The minimum atomic E-state index is -0.824. The molecule has 3 aromatic rings. The van der Waals surface area contributed by atoms with Crippen molar-refractivity contribution in [3.63, 3.8) is 0 Å².